The van der Waals surface area contributed by atoms with E-state index in [1.54, 1.807) is 19.6 Å². The maximum absolute atomic E-state index is 12.5. The van der Waals surface area contributed by atoms with Gasteiger partial charge in [-0.1, -0.05) is 12.1 Å². The lowest BCUT2D eigenvalue weighted by molar-refractivity contribution is 0.0962. The van der Waals surface area contributed by atoms with Gasteiger partial charge in [-0.3, -0.25) is 4.79 Å². The zero-order valence-electron chi connectivity index (χ0n) is 15.1. The first kappa shape index (κ1) is 17.3. The fourth-order valence-corrected chi connectivity index (χ4v) is 3.39. The molecular formula is C21H21N3O3. The van der Waals surface area contributed by atoms with Crippen molar-refractivity contribution in [1.29, 1.82) is 0 Å². The van der Waals surface area contributed by atoms with Gasteiger partial charge >= 0.3 is 0 Å². The van der Waals surface area contributed by atoms with Crippen molar-refractivity contribution in [3.05, 3.63) is 71.4 Å². The molecule has 6 nitrogen and oxygen atoms in total. The van der Waals surface area contributed by atoms with Crippen LogP contribution in [0, 0.1) is 0 Å². The quantitative estimate of drug-likeness (QED) is 0.720. The summed E-state index contributed by atoms with van der Waals surface area (Å²) in [7, 11) is 1.65. The van der Waals surface area contributed by atoms with Gasteiger partial charge in [0.05, 0.1) is 24.6 Å². The Bertz CT molecular complexity index is 920. The zero-order valence-corrected chi connectivity index (χ0v) is 15.1. The number of methoxy groups -OCH3 is 1. The van der Waals surface area contributed by atoms with Crippen LogP contribution in [0.2, 0.25) is 0 Å². The molecule has 138 valence electrons. The van der Waals surface area contributed by atoms with Crippen molar-refractivity contribution in [2.75, 3.05) is 19.0 Å². The maximum Gasteiger partial charge on any atom is 0.222 e. The van der Waals surface area contributed by atoms with Gasteiger partial charge in [-0.2, -0.15) is 0 Å². The van der Waals surface area contributed by atoms with Gasteiger partial charge in [0.1, 0.15) is 11.5 Å². The second kappa shape index (κ2) is 7.61. The van der Waals surface area contributed by atoms with Crippen molar-refractivity contribution in [2.24, 2.45) is 0 Å². The van der Waals surface area contributed by atoms with Gasteiger partial charge in [0.25, 0.3) is 0 Å². The second-order valence-electron chi connectivity index (χ2n) is 6.61. The Hall–Kier alpha value is -3.15. The lowest BCUT2D eigenvalue weighted by Gasteiger charge is -2.23. The largest absolute Gasteiger partial charge is 0.497 e. The number of rotatable bonds is 6. The molecule has 1 aliphatic rings. The summed E-state index contributed by atoms with van der Waals surface area (Å²) in [4.78, 5) is 21.4. The van der Waals surface area contributed by atoms with Crippen LogP contribution in [0.5, 0.6) is 5.75 Å². The van der Waals surface area contributed by atoms with E-state index in [1.807, 2.05) is 36.4 Å². The van der Waals surface area contributed by atoms with E-state index in [-0.39, 0.29) is 11.7 Å². The van der Waals surface area contributed by atoms with E-state index in [2.05, 4.69) is 15.3 Å². The van der Waals surface area contributed by atoms with Gasteiger partial charge in [-0.25, -0.2) is 9.97 Å². The summed E-state index contributed by atoms with van der Waals surface area (Å²) >= 11 is 0. The molecule has 6 heteroatoms. The molecule has 0 unspecified atom stereocenters. The number of aromatic nitrogens is 2. The fraction of sp³-hybridized carbons (Fsp3) is 0.286. The molecule has 1 aromatic carbocycles. The third-order valence-corrected chi connectivity index (χ3v) is 4.86. The number of benzene rings is 1. The van der Waals surface area contributed by atoms with Crippen LogP contribution >= 0.6 is 0 Å². The SMILES string of the molecule is COc1ccc([C@@H]2CC(=O)c3cnc(NCCc4ccco4)nc3C2)cc1. The zero-order chi connectivity index (χ0) is 18.6. The summed E-state index contributed by atoms with van der Waals surface area (Å²) in [6.45, 7) is 0.669. The highest BCUT2D eigenvalue weighted by Gasteiger charge is 2.28. The number of hydrogen-bond acceptors (Lipinski definition) is 6. The normalized spacial score (nSPS) is 16.0. The first-order valence-electron chi connectivity index (χ1n) is 9.02. The summed E-state index contributed by atoms with van der Waals surface area (Å²) in [5, 5.41) is 3.21. The third-order valence-electron chi connectivity index (χ3n) is 4.86. The number of furan rings is 1. The van der Waals surface area contributed by atoms with E-state index in [4.69, 9.17) is 9.15 Å². The van der Waals surface area contributed by atoms with E-state index in [0.717, 1.165) is 35.6 Å². The van der Waals surface area contributed by atoms with Crippen molar-refractivity contribution in [3.63, 3.8) is 0 Å². The number of fused-ring (bicyclic) bond motifs is 1. The molecule has 1 N–H and O–H groups in total. The Morgan fingerprint density at radius 2 is 2.07 bits per heavy atom. The topological polar surface area (TPSA) is 77.2 Å². The molecule has 0 saturated heterocycles. The minimum Gasteiger partial charge on any atom is -0.497 e. The number of Topliss-reactive ketones (excluding diaryl/α,β-unsaturated/α-hetero) is 1. The van der Waals surface area contributed by atoms with Crippen molar-refractivity contribution < 1.29 is 13.9 Å². The van der Waals surface area contributed by atoms with E-state index < -0.39 is 0 Å². The molecule has 2 heterocycles. The van der Waals surface area contributed by atoms with Crippen LogP contribution in [0.3, 0.4) is 0 Å². The van der Waals surface area contributed by atoms with E-state index in [1.165, 1.54) is 0 Å². The van der Waals surface area contributed by atoms with Gasteiger partial charge < -0.3 is 14.5 Å². The number of ketones is 1. The molecule has 0 fully saturated rings. The van der Waals surface area contributed by atoms with Crippen LogP contribution in [0.1, 0.15) is 39.7 Å². The molecule has 0 spiro atoms. The smallest absolute Gasteiger partial charge is 0.222 e. The Morgan fingerprint density at radius 1 is 1.22 bits per heavy atom. The lowest BCUT2D eigenvalue weighted by Crippen LogP contribution is -2.21. The van der Waals surface area contributed by atoms with Crippen LogP contribution in [0.4, 0.5) is 5.95 Å². The van der Waals surface area contributed by atoms with Gasteiger partial charge in [0.2, 0.25) is 5.95 Å². The molecule has 4 rings (SSSR count). The summed E-state index contributed by atoms with van der Waals surface area (Å²) in [5.41, 5.74) is 2.57. The summed E-state index contributed by atoms with van der Waals surface area (Å²) < 4.78 is 10.5. The van der Waals surface area contributed by atoms with Gasteiger partial charge in [-0.15, -0.1) is 0 Å². The van der Waals surface area contributed by atoms with Crippen molar-refractivity contribution in [1.82, 2.24) is 9.97 Å². The molecule has 27 heavy (non-hydrogen) atoms. The van der Waals surface area contributed by atoms with Gasteiger partial charge in [0, 0.05) is 25.6 Å². The summed E-state index contributed by atoms with van der Waals surface area (Å²) in [5.74, 6) is 2.49. The second-order valence-corrected chi connectivity index (χ2v) is 6.61. The molecule has 1 aliphatic carbocycles. The highest BCUT2D eigenvalue weighted by molar-refractivity contribution is 5.98. The molecule has 0 bridgehead atoms. The number of carbonyl (C=O) groups is 1. The van der Waals surface area contributed by atoms with Crippen LogP contribution in [-0.4, -0.2) is 29.4 Å². The number of hydrogen-bond donors (Lipinski definition) is 1. The first-order valence-corrected chi connectivity index (χ1v) is 9.02. The van der Waals surface area contributed by atoms with Gasteiger partial charge in [-0.05, 0) is 42.2 Å². The van der Waals surface area contributed by atoms with Crippen LogP contribution in [0.25, 0.3) is 0 Å². The molecule has 1 atom stereocenters. The number of carbonyl (C=O) groups excluding carboxylic acids is 1. The average molecular weight is 363 g/mol. The number of nitrogens with one attached hydrogen (secondary N) is 1. The van der Waals surface area contributed by atoms with E-state index in [0.29, 0.717) is 24.5 Å². The number of nitrogens with zero attached hydrogens (tertiary/aromatic N) is 2. The molecule has 3 aromatic rings. The molecule has 0 amide bonds. The minimum atomic E-state index is 0.0965. The van der Waals surface area contributed by atoms with Crippen LogP contribution < -0.4 is 10.1 Å². The van der Waals surface area contributed by atoms with Crippen LogP contribution in [0.15, 0.2) is 53.3 Å². The minimum absolute atomic E-state index is 0.0965. The molecule has 0 aliphatic heterocycles. The Balaban J connectivity index is 1.47. The number of ether oxygens (including phenoxy) is 1. The van der Waals surface area contributed by atoms with Crippen molar-refractivity contribution >= 4 is 11.7 Å². The standard InChI is InChI=1S/C21H21N3O3/c1-26-16-6-4-14(5-7-16)15-11-19-18(20(25)12-15)13-23-21(24-19)22-9-8-17-3-2-10-27-17/h2-7,10,13,15H,8-9,11-12H2,1H3,(H,22,23,24)/t15-/m0/s1. The summed E-state index contributed by atoms with van der Waals surface area (Å²) in [6, 6.07) is 11.7. The van der Waals surface area contributed by atoms with E-state index >= 15 is 0 Å². The van der Waals surface area contributed by atoms with E-state index in [9.17, 15) is 4.79 Å². The average Bonchev–Trinajstić information content (AvgIpc) is 3.21. The molecule has 2 aromatic heterocycles. The third kappa shape index (κ3) is 3.84. The predicted octanol–water partition coefficient (Wildman–Crippen LogP) is 3.65. The first-order chi connectivity index (χ1) is 13.2. The Morgan fingerprint density at radius 3 is 2.81 bits per heavy atom. The van der Waals surface area contributed by atoms with Gasteiger partial charge in [0.15, 0.2) is 5.78 Å². The Kier molecular flexibility index (Phi) is 4.87. The summed E-state index contributed by atoms with van der Waals surface area (Å²) in [6.07, 6.45) is 5.26. The highest BCUT2D eigenvalue weighted by atomic mass is 16.5. The highest BCUT2D eigenvalue weighted by Crippen LogP contribution is 2.32. The molecule has 0 radical (unpaired) electrons. The predicted molar refractivity (Wildman–Crippen MR) is 101 cm³/mol. The van der Waals surface area contributed by atoms with Crippen LogP contribution in [-0.2, 0) is 12.8 Å². The lowest BCUT2D eigenvalue weighted by atomic mass is 9.82. The molecule has 0 saturated carbocycles. The maximum atomic E-state index is 12.5. The monoisotopic (exact) mass is 363 g/mol. The molecular weight excluding hydrogens is 342 g/mol. The fourth-order valence-electron chi connectivity index (χ4n) is 3.39. The van der Waals surface area contributed by atoms with Crippen molar-refractivity contribution in [2.45, 2.75) is 25.2 Å². The number of anilines is 1. The Labute approximate surface area is 157 Å². The van der Waals surface area contributed by atoms with Crippen molar-refractivity contribution in [3.8, 4) is 5.75 Å².